The van der Waals surface area contributed by atoms with Gasteiger partial charge in [-0.2, -0.15) is 13.2 Å². The Morgan fingerprint density at radius 3 is 2.44 bits per heavy atom. The molecule has 0 aliphatic heterocycles. The first kappa shape index (κ1) is 21.2. The van der Waals surface area contributed by atoms with Crippen LogP contribution in [0, 0.1) is 10.1 Å². The largest absolute Gasteiger partial charge is 0.417 e. The minimum atomic E-state index is -4.69. The molecule has 0 saturated heterocycles. The van der Waals surface area contributed by atoms with Crippen molar-refractivity contribution in [3.63, 3.8) is 0 Å². The number of pyridine rings is 1. The monoisotopic (exact) mass is 460 g/mol. The highest BCUT2D eigenvalue weighted by Crippen LogP contribution is 2.38. The summed E-state index contributed by atoms with van der Waals surface area (Å²) in [5.74, 6) is -0.435. The van der Waals surface area contributed by atoms with Crippen molar-refractivity contribution in [3.8, 4) is 0 Å². The average molecular weight is 461 g/mol. The SMILES string of the molecule is O=[N+]([O-])c1c(Nc2ccc(Cl)c(C(F)(F)F)c2)ncnc1Nc1cccc2ncccc12. The lowest BCUT2D eigenvalue weighted by atomic mass is 10.2. The molecule has 0 radical (unpaired) electrons. The topological polar surface area (TPSA) is 106 Å². The van der Waals surface area contributed by atoms with Gasteiger partial charge in [0.1, 0.15) is 6.33 Å². The molecule has 0 fully saturated rings. The van der Waals surface area contributed by atoms with Gasteiger partial charge >= 0.3 is 11.9 Å². The second-order valence-corrected chi connectivity index (χ2v) is 6.90. The summed E-state index contributed by atoms with van der Waals surface area (Å²) in [4.78, 5) is 23.1. The lowest BCUT2D eigenvalue weighted by molar-refractivity contribution is -0.383. The average Bonchev–Trinajstić information content (AvgIpc) is 2.74. The summed E-state index contributed by atoms with van der Waals surface area (Å²) in [5, 5.41) is 17.5. The molecule has 0 saturated carbocycles. The molecule has 0 spiro atoms. The van der Waals surface area contributed by atoms with E-state index in [1.807, 2.05) is 0 Å². The zero-order valence-corrected chi connectivity index (χ0v) is 16.6. The molecule has 4 aromatic rings. The lowest BCUT2D eigenvalue weighted by Gasteiger charge is -2.13. The fourth-order valence-electron chi connectivity index (χ4n) is 3.03. The normalized spacial score (nSPS) is 11.4. The predicted molar refractivity (Wildman–Crippen MR) is 113 cm³/mol. The third kappa shape index (κ3) is 4.23. The van der Waals surface area contributed by atoms with Gasteiger partial charge in [-0.3, -0.25) is 15.1 Å². The number of alkyl halides is 3. The van der Waals surface area contributed by atoms with Crippen molar-refractivity contribution in [2.45, 2.75) is 6.18 Å². The number of hydrogen-bond acceptors (Lipinski definition) is 7. The maximum Gasteiger partial charge on any atom is 0.417 e. The van der Waals surface area contributed by atoms with Gasteiger partial charge in [-0.1, -0.05) is 17.7 Å². The first-order chi connectivity index (χ1) is 15.2. The van der Waals surface area contributed by atoms with Crippen molar-refractivity contribution in [2.75, 3.05) is 10.6 Å². The van der Waals surface area contributed by atoms with E-state index in [0.29, 0.717) is 16.6 Å². The molecule has 8 nitrogen and oxygen atoms in total. The van der Waals surface area contributed by atoms with E-state index in [2.05, 4.69) is 25.6 Å². The summed E-state index contributed by atoms with van der Waals surface area (Å²) >= 11 is 5.63. The summed E-state index contributed by atoms with van der Waals surface area (Å²) < 4.78 is 39.4. The highest BCUT2D eigenvalue weighted by molar-refractivity contribution is 6.31. The number of nitrogens with zero attached hydrogens (tertiary/aromatic N) is 4. The summed E-state index contributed by atoms with van der Waals surface area (Å²) in [5.41, 5.74) is -0.536. The molecule has 2 aromatic carbocycles. The van der Waals surface area contributed by atoms with Gasteiger partial charge in [-0.15, -0.1) is 0 Å². The van der Waals surface area contributed by atoms with E-state index in [0.717, 1.165) is 18.5 Å². The molecule has 0 atom stereocenters. The van der Waals surface area contributed by atoms with Crippen LogP contribution in [0.5, 0.6) is 0 Å². The Kier molecular flexibility index (Phi) is 5.49. The second kappa shape index (κ2) is 8.27. The molecule has 0 aliphatic rings. The van der Waals surface area contributed by atoms with Crippen LogP contribution in [0.15, 0.2) is 61.1 Å². The van der Waals surface area contributed by atoms with E-state index in [9.17, 15) is 23.3 Å². The number of nitrogens with one attached hydrogen (secondary N) is 2. The van der Waals surface area contributed by atoms with E-state index in [4.69, 9.17) is 11.6 Å². The van der Waals surface area contributed by atoms with Gasteiger partial charge in [-0.25, -0.2) is 9.97 Å². The van der Waals surface area contributed by atoms with Crippen LogP contribution in [0.25, 0.3) is 10.9 Å². The molecule has 12 heteroatoms. The van der Waals surface area contributed by atoms with Crippen LogP contribution in [0.3, 0.4) is 0 Å². The first-order valence-corrected chi connectivity index (χ1v) is 9.36. The summed E-state index contributed by atoms with van der Waals surface area (Å²) in [6.45, 7) is 0. The van der Waals surface area contributed by atoms with Crippen LogP contribution in [-0.4, -0.2) is 19.9 Å². The Morgan fingerprint density at radius 1 is 0.969 bits per heavy atom. The van der Waals surface area contributed by atoms with Gasteiger partial charge in [0.05, 0.1) is 21.0 Å². The van der Waals surface area contributed by atoms with E-state index >= 15 is 0 Å². The van der Waals surface area contributed by atoms with Crippen molar-refractivity contribution >= 4 is 51.2 Å². The number of aromatic nitrogens is 3. The van der Waals surface area contributed by atoms with Crippen molar-refractivity contribution < 1.29 is 18.1 Å². The quantitative estimate of drug-likeness (QED) is 0.274. The van der Waals surface area contributed by atoms with Gasteiger partial charge in [0.2, 0.25) is 11.6 Å². The number of nitro groups is 1. The standard InChI is InChI=1S/C20H12ClF3N6O2/c21-14-7-6-11(9-13(14)20(22,23)24)28-18-17(30(31)32)19(27-10-26-18)29-16-5-1-4-15-12(16)3-2-8-25-15/h1-10H,(H2,26,27,28,29). The molecular weight excluding hydrogens is 449 g/mol. The fourth-order valence-corrected chi connectivity index (χ4v) is 3.26. The number of hydrogen-bond donors (Lipinski definition) is 2. The van der Waals surface area contributed by atoms with E-state index in [1.165, 1.54) is 6.07 Å². The third-order valence-electron chi connectivity index (χ3n) is 4.44. The van der Waals surface area contributed by atoms with Crippen LogP contribution >= 0.6 is 11.6 Å². The molecule has 162 valence electrons. The molecule has 0 aliphatic carbocycles. The second-order valence-electron chi connectivity index (χ2n) is 6.49. The van der Waals surface area contributed by atoms with Crippen molar-refractivity contribution in [1.29, 1.82) is 0 Å². The van der Waals surface area contributed by atoms with Gasteiger partial charge in [0.25, 0.3) is 0 Å². The Hall–Kier alpha value is -3.99. The van der Waals surface area contributed by atoms with Crippen molar-refractivity contribution in [3.05, 3.63) is 81.8 Å². The molecule has 0 unspecified atom stereocenters. The van der Waals surface area contributed by atoms with Crippen LogP contribution < -0.4 is 10.6 Å². The molecule has 2 heterocycles. The minimum Gasteiger partial charge on any atom is -0.334 e. The zero-order valence-electron chi connectivity index (χ0n) is 15.9. The third-order valence-corrected chi connectivity index (χ3v) is 4.77. The van der Waals surface area contributed by atoms with Crippen LogP contribution in [0.1, 0.15) is 5.56 Å². The van der Waals surface area contributed by atoms with E-state index in [-0.39, 0.29) is 17.3 Å². The molecule has 0 amide bonds. The van der Waals surface area contributed by atoms with Crippen molar-refractivity contribution in [1.82, 2.24) is 15.0 Å². The highest BCUT2D eigenvalue weighted by Gasteiger charge is 2.33. The minimum absolute atomic E-state index is 0.0798. The first-order valence-electron chi connectivity index (χ1n) is 8.98. The summed E-state index contributed by atoms with van der Waals surface area (Å²) in [6, 6.07) is 11.7. The molecule has 4 rings (SSSR count). The Morgan fingerprint density at radius 2 is 1.72 bits per heavy atom. The number of anilines is 4. The fraction of sp³-hybridized carbons (Fsp3) is 0.0500. The summed E-state index contributed by atoms with van der Waals surface area (Å²) in [6.07, 6.45) is -2.02. The number of halogens is 4. The molecule has 32 heavy (non-hydrogen) atoms. The van der Waals surface area contributed by atoms with Gasteiger partial charge < -0.3 is 10.6 Å². The van der Waals surface area contributed by atoms with Gasteiger partial charge in [0.15, 0.2) is 0 Å². The maximum atomic E-state index is 13.1. The Balaban J connectivity index is 1.74. The smallest absolute Gasteiger partial charge is 0.334 e. The molecule has 2 aromatic heterocycles. The zero-order chi connectivity index (χ0) is 22.9. The summed E-state index contributed by atoms with van der Waals surface area (Å²) in [7, 11) is 0. The number of benzene rings is 2. The maximum absolute atomic E-state index is 13.1. The van der Waals surface area contributed by atoms with E-state index in [1.54, 1.807) is 36.5 Å². The lowest BCUT2D eigenvalue weighted by Crippen LogP contribution is -2.08. The molecule has 0 bridgehead atoms. The van der Waals surface area contributed by atoms with Crippen LogP contribution in [0.4, 0.5) is 41.9 Å². The Labute approximate surface area is 183 Å². The highest BCUT2D eigenvalue weighted by atomic mass is 35.5. The van der Waals surface area contributed by atoms with Crippen molar-refractivity contribution in [2.24, 2.45) is 0 Å². The molecule has 2 N–H and O–H groups in total. The van der Waals surface area contributed by atoms with Crippen LogP contribution in [0.2, 0.25) is 5.02 Å². The number of fused-ring (bicyclic) bond motifs is 1. The number of rotatable bonds is 5. The van der Waals surface area contributed by atoms with E-state index < -0.39 is 27.4 Å². The van der Waals surface area contributed by atoms with Gasteiger partial charge in [0, 0.05) is 23.0 Å². The Bertz CT molecular complexity index is 1330. The molecular formula is C20H12ClF3N6O2. The predicted octanol–water partition coefficient (Wildman–Crippen LogP) is 6.09. The van der Waals surface area contributed by atoms with Crippen LogP contribution in [-0.2, 0) is 6.18 Å². The van der Waals surface area contributed by atoms with Gasteiger partial charge in [-0.05, 0) is 42.5 Å².